The molecule has 4 nitrogen and oxygen atoms in total. The molecule has 0 spiro atoms. The second kappa shape index (κ2) is 5.34. The van der Waals surface area contributed by atoms with Gasteiger partial charge in [0.15, 0.2) is 0 Å². The summed E-state index contributed by atoms with van der Waals surface area (Å²) in [6, 6.07) is 3.92. The van der Waals surface area contributed by atoms with Gasteiger partial charge in [0.05, 0.1) is 0 Å². The molecule has 0 aliphatic heterocycles. The minimum atomic E-state index is -0.258. The lowest BCUT2D eigenvalue weighted by Gasteiger charge is -2.15. The van der Waals surface area contributed by atoms with Gasteiger partial charge < -0.3 is 10.6 Å². The summed E-state index contributed by atoms with van der Waals surface area (Å²) in [5.74, 6) is -0.258. The van der Waals surface area contributed by atoms with Crippen LogP contribution in [0.1, 0.15) is 12.0 Å². The molecular weight excluding hydrogens is 178 g/mol. The first-order chi connectivity index (χ1) is 6.68. The SMILES string of the molecule is CN(CCC(N)=O)Cc1ccncc1. The van der Waals surface area contributed by atoms with E-state index in [9.17, 15) is 4.79 Å². The number of hydrogen-bond acceptors (Lipinski definition) is 3. The summed E-state index contributed by atoms with van der Waals surface area (Å²) in [4.78, 5) is 16.5. The van der Waals surface area contributed by atoms with E-state index < -0.39 is 0 Å². The number of pyridine rings is 1. The molecule has 1 amide bonds. The maximum atomic E-state index is 10.5. The van der Waals surface area contributed by atoms with E-state index in [1.807, 2.05) is 19.2 Å². The summed E-state index contributed by atoms with van der Waals surface area (Å²) in [7, 11) is 1.96. The van der Waals surface area contributed by atoms with Crippen LogP contribution in [0.4, 0.5) is 0 Å². The van der Waals surface area contributed by atoms with Crippen molar-refractivity contribution in [2.45, 2.75) is 13.0 Å². The minimum absolute atomic E-state index is 0.258. The molecule has 76 valence electrons. The topological polar surface area (TPSA) is 59.2 Å². The van der Waals surface area contributed by atoms with Gasteiger partial charge in [0.1, 0.15) is 0 Å². The van der Waals surface area contributed by atoms with Gasteiger partial charge in [-0.1, -0.05) is 0 Å². The van der Waals surface area contributed by atoms with Crippen LogP contribution in [0.5, 0.6) is 0 Å². The van der Waals surface area contributed by atoms with Crippen LogP contribution >= 0.6 is 0 Å². The van der Waals surface area contributed by atoms with Gasteiger partial charge in [0.2, 0.25) is 5.91 Å². The molecule has 0 aliphatic rings. The highest BCUT2D eigenvalue weighted by Crippen LogP contribution is 2.01. The molecule has 1 aromatic rings. The van der Waals surface area contributed by atoms with E-state index >= 15 is 0 Å². The number of nitrogens with two attached hydrogens (primary N) is 1. The predicted octanol–water partition coefficient (Wildman–Crippen LogP) is 0.389. The maximum Gasteiger partial charge on any atom is 0.218 e. The van der Waals surface area contributed by atoms with Crippen LogP contribution in [0, 0.1) is 0 Å². The van der Waals surface area contributed by atoms with E-state index in [0.717, 1.165) is 6.54 Å². The minimum Gasteiger partial charge on any atom is -0.370 e. The predicted molar refractivity (Wildman–Crippen MR) is 54.4 cm³/mol. The molecule has 14 heavy (non-hydrogen) atoms. The highest BCUT2D eigenvalue weighted by Gasteiger charge is 2.01. The molecule has 0 saturated carbocycles. The average molecular weight is 193 g/mol. The number of amides is 1. The Kier molecular flexibility index (Phi) is 4.07. The fourth-order valence-electron chi connectivity index (χ4n) is 1.18. The van der Waals surface area contributed by atoms with E-state index in [0.29, 0.717) is 13.0 Å². The van der Waals surface area contributed by atoms with Gasteiger partial charge in [0, 0.05) is 31.9 Å². The summed E-state index contributed by atoms with van der Waals surface area (Å²) in [6.07, 6.45) is 3.93. The van der Waals surface area contributed by atoms with Crippen molar-refractivity contribution in [1.29, 1.82) is 0 Å². The zero-order valence-electron chi connectivity index (χ0n) is 8.31. The van der Waals surface area contributed by atoms with Gasteiger partial charge >= 0.3 is 0 Å². The Labute approximate surface area is 83.7 Å². The third-order valence-electron chi connectivity index (χ3n) is 1.94. The van der Waals surface area contributed by atoms with Crippen molar-refractivity contribution in [3.05, 3.63) is 30.1 Å². The zero-order chi connectivity index (χ0) is 10.4. The van der Waals surface area contributed by atoms with Crippen molar-refractivity contribution in [1.82, 2.24) is 9.88 Å². The van der Waals surface area contributed by atoms with Crippen molar-refractivity contribution >= 4 is 5.91 Å². The van der Waals surface area contributed by atoms with Crippen LogP contribution in [0.15, 0.2) is 24.5 Å². The Morgan fingerprint density at radius 2 is 2.14 bits per heavy atom. The molecule has 0 saturated heterocycles. The van der Waals surface area contributed by atoms with E-state index in [1.54, 1.807) is 12.4 Å². The van der Waals surface area contributed by atoms with E-state index in [-0.39, 0.29) is 5.91 Å². The van der Waals surface area contributed by atoms with Crippen molar-refractivity contribution in [3.63, 3.8) is 0 Å². The molecule has 2 N–H and O–H groups in total. The van der Waals surface area contributed by atoms with Gasteiger partial charge in [-0.3, -0.25) is 9.78 Å². The second-order valence-corrected chi connectivity index (χ2v) is 3.31. The smallest absolute Gasteiger partial charge is 0.218 e. The number of carbonyl (C=O) groups is 1. The third kappa shape index (κ3) is 4.00. The van der Waals surface area contributed by atoms with Gasteiger partial charge in [0.25, 0.3) is 0 Å². The zero-order valence-corrected chi connectivity index (χ0v) is 8.31. The Morgan fingerprint density at radius 1 is 1.50 bits per heavy atom. The summed E-state index contributed by atoms with van der Waals surface area (Å²) < 4.78 is 0. The molecule has 0 unspecified atom stereocenters. The fourth-order valence-corrected chi connectivity index (χ4v) is 1.18. The molecule has 0 radical (unpaired) electrons. The quantitative estimate of drug-likeness (QED) is 0.735. The summed E-state index contributed by atoms with van der Waals surface area (Å²) >= 11 is 0. The van der Waals surface area contributed by atoms with Gasteiger partial charge in [-0.2, -0.15) is 0 Å². The molecule has 0 atom stereocenters. The first-order valence-electron chi connectivity index (χ1n) is 4.54. The average Bonchev–Trinajstić information content (AvgIpc) is 2.16. The van der Waals surface area contributed by atoms with Gasteiger partial charge in [-0.25, -0.2) is 0 Å². The van der Waals surface area contributed by atoms with Gasteiger partial charge in [-0.05, 0) is 24.7 Å². The summed E-state index contributed by atoms with van der Waals surface area (Å²) in [5.41, 5.74) is 6.25. The number of rotatable bonds is 5. The number of hydrogen-bond donors (Lipinski definition) is 1. The van der Waals surface area contributed by atoms with E-state index in [4.69, 9.17) is 5.73 Å². The number of nitrogens with zero attached hydrogens (tertiary/aromatic N) is 2. The lowest BCUT2D eigenvalue weighted by Crippen LogP contribution is -2.24. The first-order valence-corrected chi connectivity index (χ1v) is 4.54. The van der Waals surface area contributed by atoms with E-state index in [2.05, 4.69) is 9.88 Å². The van der Waals surface area contributed by atoms with Crippen molar-refractivity contribution in [2.24, 2.45) is 5.73 Å². The lowest BCUT2D eigenvalue weighted by atomic mass is 10.2. The van der Waals surface area contributed by atoms with Crippen molar-refractivity contribution in [3.8, 4) is 0 Å². The van der Waals surface area contributed by atoms with Crippen molar-refractivity contribution in [2.75, 3.05) is 13.6 Å². The lowest BCUT2D eigenvalue weighted by molar-refractivity contribution is -0.118. The molecule has 0 aromatic carbocycles. The first kappa shape index (κ1) is 10.7. The van der Waals surface area contributed by atoms with Crippen molar-refractivity contribution < 1.29 is 4.79 Å². The fraction of sp³-hybridized carbons (Fsp3) is 0.400. The molecule has 1 rings (SSSR count). The van der Waals surface area contributed by atoms with Gasteiger partial charge in [-0.15, -0.1) is 0 Å². The standard InChI is InChI=1S/C10H15N3O/c1-13(7-4-10(11)14)8-9-2-5-12-6-3-9/h2-3,5-6H,4,7-8H2,1H3,(H2,11,14). The molecular formula is C10H15N3O. The summed E-state index contributed by atoms with van der Waals surface area (Å²) in [5, 5.41) is 0. The maximum absolute atomic E-state index is 10.5. The third-order valence-corrected chi connectivity index (χ3v) is 1.94. The van der Waals surface area contributed by atoms with Crippen LogP contribution in [-0.2, 0) is 11.3 Å². The number of aromatic nitrogens is 1. The molecule has 0 aliphatic carbocycles. The molecule has 0 fully saturated rings. The Hall–Kier alpha value is -1.42. The second-order valence-electron chi connectivity index (χ2n) is 3.31. The monoisotopic (exact) mass is 193 g/mol. The van der Waals surface area contributed by atoms with Crippen LogP contribution in [0.2, 0.25) is 0 Å². The Bertz CT molecular complexity index is 287. The number of carbonyl (C=O) groups excluding carboxylic acids is 1. The van der Waals surface area contributed by atoms with Crippen LogP contribution in [0.3, 0.4) is 0 Å². The molecule has 1 heterocycles. The van der Waals surface area contributed by atoms with Crippen LogP contribution < -0.4 is 5.73 Å². The Morgan fingerprint density at radius 3 is 2.71 bits per heavy atom. The normalized spacial score (nSPS) is 10.4. The van der Waals surface area contributed by atoms with E-state index in [1.165, 1.54) is 5.56 Å². The highest BCUT2D eigenvalue weighted by atomic mass is 16.1. The highest BCUT2D eigenvalue weighted by molar-refractivity contribution is 5.73. The number of primary amides is 1. The summed E-state index contributed by atoms with van der Waals surface area (Å²) in [6.45, 7) is 1.51. The van der Waals surface area contributed by atoms with Crippen LogP contribution in [-0.4, -0.2) is 29.4 Å². The Balaban J connectivity index is 2.34. The van der Waals surface area contributed by atoms with Crippen LogP contribution in [0.25, 0.3) is 0 Å². The molecule has 1 aromatic heterocycles. The largest absolute Gasteiger partial charge is 0.370 e. The molecule has 4 heteroatoms. The molecule has 0 bridgehead atoms.